The molecule has 0 aliphatic heterocycles. The van der Waals surface area contributed by atoms with Gasteiger partial charge in [0, 0.05) is 19.2 Å². The quantitative estimate of drug-likeness (QED) is 0.722. The first-order valence-corrected chi connectivity index (χ1v) is 4.63. The van der Waals surface area contributed by atoms with Crippen molar-refractivity contribution < 1.29 is 9.90 Å². The molecule has 0 saturated carbocycles. The first kappa shape index (κ1) is 11.0. The molecule has 0 aliphatic rings. The van der Waals surface area contributed by atoms with E-state index in [4.69, 9.17) is 11.6 Å². The summed E-state index contributed by atoms with van der Waals surface area (Å²) < 4.78 is 2.30. The van der Waals surface area contributed by atoms with Gasteiger partial charge >= 0.3 is 0 Å². The van der Waals surface area contributed by atoms with E-state index in [0.717, 1.165) is 9.36 Å². The van der Waals surface area contributed by atoms with E-state index in [9.17, 15) is 14.7 Å². The van der Waals surface area contributed by atoms with E-state index in [0.29, 0.717) is 0 Å². The normalized spacial score (nSPS) is 12.8. The molecular formula is C8H11ClN2O3. The lowest BCUT2D eigenvalue weighted by molar-refractivity contribution is 0.0882. The van der Waals surface area contributed by atoms with E-state index in [1.807, 2.05) is 0 Å². The molecule has 78 valence electrons. The smallest absolute Gasteiger partial charge is 0.267 e. The Labute approximate surface area is 85.5 Å². The lowest BCUT2D eigenvalue weighted by Gasteiger charge is -2.11. The van der Waals surface area contributed by atoms with Crippen LogP contribution in [0.5, 0.6) is 0 Å². The van der Waals surface area contributed by atoms with E-state index in [1.165, 1.54) is 19.2 Å². The maximum absolute atomic E-state index is 11.2. The van der Waals surface area contributed by atoms with Gasteiger partial charge in [-0.1, -0.05) is 0 Å². The molecule has 1 rings (SSSR count). The molecule has 0 spiro atoms. The number of carbonyl (C=O) groups is 1. The van der Waals surface area contributed by atoms with Crippen LogP contribution in [0.1, 0.15) is 11.7 Å². The van der Waals surface area contributed by atoms with Crippen molar-refractivity contribution in [2.24, 2.45) is 0 Å². The third-order valence-corrected chi connectivity index (χ3v) is 2.11. The molecule has 1 atom stereocenters. The number of carbonyl (C=O) groups excluding carboxylic acids is 1. The molecule has 5 nitrogen and oxygen atoms in total. The summed E-state index contributed by atoms with van der Waals surface area (Å²) in [5.74, 6) is -0.260. The van der Waals surface area contributed by atoms with Crippen molar-refractivity contribution in [1.29, 1.82) is 0 Å². The van der Waals surface area contributed by atoms with Crippen LogP contribution in [0.25, 0.3) is 0 Å². The first-order chi connectivity index (χ1) is 6.56. The highest BCUT2D eigenvalue weighted by molar-refractivity contribution is 6.18. The van der Waals surface area contributed by atoms with Gasteiger partial charge in [0.2, 0.25) is 5.91 Å². The molecule has 1 aromatic rings. The van der Waals surface area contributed by atoms with Crippen molar-refractivity contribution in [2.45, 2.75) is 19.6 Å². The van der Waals surface area contributed by atoms with Crippen molar-refractivity contribution in [3.8, 4) is 0 Å². The molecule has 0 aromatic carbocycles. The van der Waals surface area contributed by atoms with Gasteiger partial charge in [-0.15, -0.1) is 11.6 Å². The zero-order chi connectivity index (χ0) is 10.7. The molecule has 1 aromatic heterocycles. The second-order valence-corrected chi connectivity index (χ2v) is 3.22. The van der Waals surface area contributed by atoms with Crippen molar-refractivity contribution in [1.82, 2.24) is 9.36 Å². The standard InChI is InChI=1S/C8H11ClN2O3/c1-6(12)10-3-2-8(14)11(10)5-7(13)4-9/h2-3,7,13H,4-5H2,1H3. The van der Waals surface area contributed by atoms with Gasteiger partial charge in [-0.25, -0.2) is 9.36 Å². The molecule has 1 N–H and O–H groups in total. The fourth-order valence-electron chi connectivity index (χ4n) is 1.11. The molecular weight excluding hydrogens is 208 g/mol. The summed E-state index contributed by atoms with van der Waals surface area (Å²) in [7, 11) is 0. The zero-order valence-electron chi connectivity index (χ0n) is 7.68. The van der Waals surface area contributed by atoms with Gasteiger partial charge in [-0.3, -0.25) is 9.59 Å². The van der Waals surface area contributed by atoms with Gasteiger partial charge in [0.15, 0.2) is 0 Å². The van der Waals surface area contributed by atoms with Gasteiger partial charge in [-0.05, 0) is 0 Å². The highest BCUT2D eigenvalue weighted by Gasteiger charge is 2.10. The Hall–Kier alpha value is -1.07. The van der Waals surface area contributed by atoms with Crippen molar-refractivity contribution in [2.75, 3.05) is 5.88 Å². The Kier molecular flexibility index (Phi) is 3.49. The van der Waals surface area contributed by atoms with Gasteiger partial charge in [0.05, 0.1) is 18.5 Å². The largest absolute Gasteiger partial charge is 0.390 e. The van der Waals surface area contributed by atoms with Crippen LogP contribution in [0.2, 0.25) is 0 Å². The average molecular weight is 219 g/mol. The van der Waals surface area contributed by atoms with Crippen LogP contribution in [0, 0.1) is 0 Å². The van der Waals surface area contributed by atoms with Crippen LogP contribution in [0.3, 0.4) is 0 Å². The summed E-state index contributed by atoms with van der Waals surface area (Å²) in [5, 5.41) is 9.24. The van der Waals surface area contributed by atoms with E-state index in [-0.39, 0.29) is 23.9 Å². The van der Waals surface area contributed by atoms with Gasteiger partial charge in [0.1, 0.15) is 0 Å². The molecule has 1 heterocycles. The number of rotatable bonds is 3. The summed E-state index contributed by atoms with van der Waals surface area (Å²) >= 11 is 5.39. The number of hydrogen-bond acceptors (Lipinski definition) is 3. The van der Waals surface area contributed by atoms with Crippen LogP contribution >= 0.6 is 11.6 Å². The van der Waals surface area contributed by atoms with Gasteiger partial charge < -0.3 is 5.11 Å². The Bertz CT molecular complexity index is 382. The van der Waals surface area contributed by atoms with Crippen LogP contribution in [-0.4, -0.2) is 32.4 Å². The number of hydrogen-bond donors (Lipinski definition) is 1. The topological polar surface area (TPSA) is 64.2 Å². The van der Waals surface area contributed by atoms with E-state index in [1.54, 1.807) is 0 Å². The van der Waals surface area contributed by atoms with Crippen molar-refractivity contribution in [3.05, 3.63) is 22.6 Å². The molecule has 0 radical (unpaired) electrons. The Morgan fingerprint density at radius 1 is 1.71 bits per heavy atom. The van der Waals surface area contributed by atoms with E-state index >= 15 is 0 Å². The number of aliphatic hydroxyl groups is 1. The van der Waals surface area contributed by atoms with Crippen LogP contribution in [0.15, 0.2) is 17.1 Å². The first-order valence-electron chi connectivity index (χ1n) is 4.09. The number of nitrogens with zero attached hydrogens (tertiary/aromatic N) is 2. The molecule has 1 unspecified atom stereocenters. The lowest BCUT2D eigenvalue weighted by atomic mass is 10.4. The monoisotopic (exact) mass is 218 g/mol. The maximum atomic E-state index is 11.2. The molecule has 6 heteroatoms. The second kappa shape index (κ2) is 4.43. The minimum absolute atomic E-state index is 0.0227. The van der Waals surface area contributed by atoms with Gasteiger partial charge in [0.25, 0.3) is 5.56 Å². The third kappa shape index (κ3) is 2.24. The molecule has 0 aliphatic carbocycles. The van der Waals surface area contributed by atoms with E-state index in [2.05, 4.69) is 0 Å². The third-order valence-electron chi connectivity index (χ3n) is 1.76. The predicted octanol–water partition coefficient (Wildman–Crippen LogP) is -0.0904. The number of aliphatic hydroxyl groups excluding tert-OH is 1. The summed E-state index contributed by atoms with van der Waals surface area (Å²) in [6, 6.07) is 1.27. The maximum Gasteiger partial charge on any atom is 0.267 e. The van der Waals surface area contributed by atoms with Gasteiger partial charge in [-0.2, -0.15) is 0 Å². The van der Waals surface area contributed by atoms with Crippen LogP contribution in [0.4, 0.5) is 0 Å². The second-order valence-electron chi connectivity index (χ2n) is 2.91. The fourth-order valence-corrected chi connectivity index (χ4v) is 1.21. The zero-order valence-corrected chi connectivity index (χ0v) is 8.44. The van der Waals surface area contributed by atoms with Crippen LogP contribution < -0.4 is 5.56 Å². The minimum atomic E-state index is -0.831. The van der Waals surface area contributed by atoms with Crippen molar-refractivity contribution >= 4 is 17.5 Å². The number of alkyl halides is 1. The highest BCUT2D eigenvalue weighted by Crippen LogP contribution is 1.94. The Morgan fingerprint density at radius 2 is 2.36 bits per heavy atom. The Morgan fingerprint density at radius 3 is 2.86 bits per heavy atom. The molecule has 0 saturated heterocycles. The Balaban J connectivity index is 3.00. The molecule has 14 heavy (non-hydrogen) atoms. The molecule has 0 fully saturated rings. The number of aromatic nitrogens is 2. The number of halogens is 1. The molecule has 0 amide bonds. The fraction of sp³-hybridized carbons (Fsp3) is 0.500. The SMILES string of the molecule is CC(=O)n1ccc(=O)n1CC(O)CCl. The van der Waals surface area contributed by atoms with Crippen molar-refractivity contribution in [3.63, 3.8) is 0 Å². The summed E-state index contributed by atoms with van der Waals surface area (Å²) in [5.41, 5.74) is -0.329. The highest BCUT2D eigenvalue weighted by atomic mass is 35.5. The minimum Gasteiger partial charge on any atom is -0.390 e. The predicted molar refractivity (Wildman–Crippen MR) is 51.7 cm³/mol. The summed E-state index contributed by atoms with van der Waals surface area (Å²) in [6.45, 7) is 1.36. The summed E-state index contributed by atoms with van der Waals surface area (Å²) in [6.07, 6.45) is 0.536. The summed E-state index contributed by atoms with van der Waals surface area (Å²) in [4.78, 5) is 22.3. The lowest BCUT2D eigenvalue weighted by Crippen LogP contribution is -2.31. The van der Waals surface area contributed by atoms with E-state index < -0.39 is 6.10 Å². The van der Waals surface area contributed by atoms with Crippen LogP contribution in [-0.2, 0) is 6.54 Å². The molecule has 0 bridgehead atoms. The average Bonchev–Trinajstić information content (AvgIpc) is 2.48.